The van der Waals surface area contributed by atoms with Crippen molar-refractivity contribution in [1.29, 1.82) is 0 Å². The Hall–Kier alpha value is -1.89. The summed E-state index contributed by atoms with van der Waals surface area (Å²) in [6, 6.07) is 7.04. The van der Waals surface area contributed by atoms with Gasteiger partial charge in [0.1, 0.15) is 0 Å². The molecule has 1 aromatic carbocycles. The van der Waals surface area contributed by atoms with Gasteiger partial charge in [0.2, 0.25) is 0 Å². The van der Waals surface area contributed by atoms with E-state index >= 15 is 0 Å². The van der Waals surface area contributed by atoms with Crippen LogP contribution in [0.15, 0.2) is 24.3 Å². The standard InChI is InChI=1S/C20H27NO5S/c1-14(19(22)21-18-11-12-27(24,25)13-18)26-20(23)17-9-7-16(8-10-17)15-5-3-2-4-6-15/h7-10,14-15,18H,2-6,11-13H2,1H3,(H,21,22)/t14-,18+/m1/s1. The molecule has 2 fully saturated rings. The molecule has 2 atom stereocenters. The monoisotopic (exact) mass is 393 g/mol. The Bertz CT molecular complexity index is 781. The summed E-state index contributed by atoms with van der Waals surface area (Å²) >= 11 is 0. The van der Waals surface area contributed by atoms with Gasteiger partial charge in [-0.3, -0.25) is 4.79 Å². The van der Waals surface area contributed by atoms with Crippen LogP contribution in [-0.2, 0) is 19.4 Å². The summed E-state index contributed by atoms with van der Waals surface area (Å²) in [4.78, 5) is 24.4. The van der Waals surface area contributed by atoms with Gasteiger partial charge in [0.05, 0.1) is 17.1 Å². The molecule has 1 N–H and O–H groups in total. The molecule has 0 spiro atoms. The van der Waals surface area contributed by atoms with Crippen molar-refractivity contribution in [1.82, 2.24) is 5.32 Å². The van der Waals surface area contributed by atoms with Gasteiger partial charge in [0, 0.05) is 6.04 Å². The average molecular weight is 394 g/mol. The summed E-state index contributed by atoms with van der Waals surface area (Å²) in [5, 5.41) is 2.65. The fourth-order valence-electron chi connectivity index (χ4n) is 3.84. The van der Waals surface area contributed by atoms with Gasteiger partial charge in [-0.1, -0.05) is 31.4 Å². The van der Waals surface area contributed by atoms with Crippen LogP contribution in [0.25, 0.3) is 0 Å². The number of benzene rings is 1. The number of ether oxygens (including phenoxy) is 1. The third kappa shape index (κ3) is 5.31. The van der Waals surface area contributed by atoms with E-state index in [0.717, 1.165) is 0 Å². The van der Waals surface area contributed by atoms with Gasteiger partial charge >= 0.3 is 5.97 Å². The molecular weight excluding hydrogens is 366 g/mol. The van der Waals surface area contributed by atoms with Crippen molar-refractivity contribution in [2.75, 3.05) is 11.5 Å². The van der Waals surface area contributed by atoms with Crippen LogP contribution in [0.2, 0.25) is 0 Å². The van der Waals surface area contributed by atoms with Crippen LogP contribution in [0.5, 0.6) is 0 Å². The summed E-state index contributed by atoms with van der Waals surface area (Å²) in [5.74, 6) is -0.422. The minimum absolute atomic E-state index is 0.0535. The Morgan fingerprint density at radius 3 is 2.33 bits per heavy atom. The zero-order valence-electron chi connectivity index (χ0n) is 15.6. The first-order valence-electron chi connectivity index (χ1n) is 9.66. The average Bonchev–Trinajstić information content (AvgIpc) is 3.00. The lowest BCUT2D eigenvalue weighted by atomic mass is 9.84. The first kappa shape index (κ1) is 19.9. The molecule has 7 heteroatoms. The summed E-state index contributed by atoms with van der Waals surface area (Å²) in [5.41, 5.74) is 1.66. The molecule has 0 radical (unpaired) electrons. The van der Waals surface area contributed by atoms with E-state index in [2.05, 4.69) is 5.32 Å². The number of sulfone groups is 1. The lowest BCUT2D eigenvalue weighted by Crippen LogP contribution is -2.42. The Labute approximate surface area is 160 Å². The smallest absolute Gasteiger partial charge is 0.338 e. The highest BCUT2D eigenvalue weighted by Gasteiger charge is 2.30. The van der Waals surface area contributed by atoms with E-state index in [4.69, 9.17) is 4.74 Å². The van der Waals surface area contributed by atoms with E-state index < -0.39 is 33.9 Å². The van der Waals surface area contributed by atoms with E-state index in [1.54, 1.807) is 12.1 Å². The van der Waals surface area contributed by atoms with Crippen molar-refractivity contribution < 1.29 is 22.7 Å². The second kappa shape index (κ2) is 8.42. The number of nitrogens with one attached hydrogen (secondary N) is 1. The molecule has 2 aliphatic rings. The van der Waals surface area contributed by atoms with E-state index in [1.165, 1.54) is 44.6 Å². The van der Waals surface area contributed by atoms with E-state index in [1.807, 2.05) is 12.1 Å². The van der Waals surface area contributed by atoms with E-state index in [9.17, 15) is 18.0 Å². The Morgan fingerprint density at radius 1 is 1.07 bits per heavy atom. The minimum atomic E-state index is -3.07. The van der Waals surface area contributed by atoms with Crippen LogP contribution >= 0.6 is 0 Å². The molecular formula is C20H27NO5S. The van der Waals surface area contributed by atoms with Crippen LogP contribution in [0.4, 0.5) is 0 Å². The van der Waals surface area contributed by atoms with Crippen LogP contribution in [-0.4, -0.2) is 43.9 Å². The molecule has 1 amide bonds. The normalized spacial score (nSPS) is 23.5. The second-order valence-electron chi connectivity index (χ2n) is 7.61. The van der Waals surface area contributed by atoms with Crippen LogP contribution in [0, 0.1) is 0 Å². The number of carbonyl (C=O) groups is 2. The third-order valence-corrected chi connectivity index (χ3v) is 7.22. The van der Waals surface area contributed by atoms with Gasteiger partial charge in [-0.2, -0.15) is 0 Å². The fourth-order valence-corrected chi connectivity index (χ4v) is 5.51. The number of hydrogen-bond donors (Lipinski definition) is 1. The molecule has 1 saturated heterocycles. The molecule has 27 heavy (non-hydrogen) atoms. The molecule has 1 aromatic rings. The molecule has 1 saturated carbocycles. The molecule has 0 bridgehead atoms. The van der Waals surface area contributed by atoms with Crippen LogP contribution < -0.4 is 5.32 Å². The molecule has 1 aliphatic carbocycles. The highest BCUT2D eigenvalue weighted by molar-refractivity contribution is 7.91. The highest BCUT2D eigenvalue weighted by atomic mass is 32.2. The largest absolute Gasteiger partial charge is 0.449 e. The van der Waals surface area contributed by atoms with Crippen molar-refractivity contribution >= 4 is 21.7 Å². The highest BCUT2D eigenvalue weighted by Crippen LogP contribution is 2.32. The number of amides is 1. The number of rotatable bonds is 5. The summed E-state index contributed by atoms with van der Waals surface area (Å²) in [6.07, 6.45) is 5.62. The third-order valence-electron chi connectivity index (χ3n) is 5.45. The van der Waals surface area contributed by atoms with Crippen LogP contribution in [0.3, 0.4) is 0 Å². The predicted molar refractivity (Wildman–Crippen MR) is 102 cm³/mol. The number of hydrogen-bond acceptors (Lipinski definition) is 5. The maximum absolute atomic E-state index is 12.3. The molecule has 6 nitrogen and oxygen atoms in total. The lowest BCUT2D eigenvalue weighted by molar-refractivity contribution is -0.129. The SMILES string of the molecule is C[C@@H](OC(=O)c1ccc(C2CCCCC2)cc1)C(=O)N[C@H]1CCS(=O)(=O)C1. The van der Waals surface area contributed by atoms with Gasteiger partial charge in [-0.05, 0) is 49.8 Å². The number of esters is 1. The van der Waals surface area contributed by atoms with E-state index in [0.29, 0.717) is 17.9 Å². The summed E-state index contributed by atoms with van der Waals surface area (Å²) in [7, 11) is -3.07. The zero-order valence-corrected chi connectivity index (χ0v) is 16.5. The van der Waals surface area contributed by atoms with Gasteiger partial charge in [0.15, 0.2) is 15.9 Å². The molecule has 1 aliphatic heterocycles. The van der Waals surface area contributed by atoms with Crippen molar-refractivity contribution in [2.45, 2.75) is 63.5 Å². The van der Waals surface area contributed by atoms with Gasteiger partial charge in [-0.15, -0.1) is 0 Å². The summed E-state index contributed by atoms with van der Waals surface area (Å²) in [6.45, 7) is 1.49. The first-order chi connectivity index (χ1) is 12.8. The maximum Gasteiger partial charge on any atom is 0.338 e. The molecule has 0 unspecified atom stereocenters. The Kier molecular flexibility index (Phi) is 6.19. The van der Waals surface area contributed by atoms with E-state index in [-0.39, 0.29) is 11.5 Å². The maximum atomic E-state index is 12.3. The fraction of sp³-hybridized carbons (Fsp3) is 0.600. The van der Waals surface area contributed by atoms with Crippen LogP contribution in [0.1, 0.15) is 67.3 Å². The van der Waals surface area contributed by atoms with Crippen molar-refractivity contribution in [3.05, 3.63) is 35.4 Å². The van der Waals surface area contributed by atoms with Gasteiger partial charge in [-0.25, -0.2) is 13.2 Å². The van der Waals surface area contributed by atoms with Crippen molar-refractivity contribution in [2.24, 2.45) is 0 Å². The van der Waals surface area contributed by atoms with Crippen molar-refractivity contribution in [3.8, 4) is 0 Å². The summed E-state index contributed by atoms with van der Waals surface area (Å²) < 4.78 is 28.2. The van der Waals surface area contributed by atoms with Gasteiger partial charge < -0.3 is 10.1 Å². The number of carbonyl (C=O) groups excluding carboxylic acids is 2. The molecule has 0 aromatic heterocycles. The molecule has 1 heterocycles. The topological polar surface area (TPSA) is 89.5 Å². The predicted octanol–water partition coefficient (Wildman–Crippen LogP) is 2.58. The van der Waals surface area contributed by atoms with Crippen molar-refractivity contribution in [3.63, 3.8) is 0 Å². The Morgan fingerprint density at radius 2 is 1.74 bits per heavy atom. The molecule has 148 valence electrons. The quantitative estimate of drug-likeness (QED) is 0.777. The first-order valence-corrected chi connectivity index (χ1v) is 11.5. The van der Waals surface area contributed by atoms with Gasteiger partial charge in [0.25, 0.3) is 5.91 Å². The second-order valence-corrected chi connectivity index (χ2v) is 9.84. The zero-order chi connectivity index (χ0) is 19.4. The Balaban J connectivity index is 1.52. The minimum Gasteiger partial charge on any atom is -0.449 e. The molecule has 3 rings (SSSR count). The lowest BCUT2D eigenvalue weighted by Gasteiger charge is -2.22.